The summed E-state index contributed by atoms with van der Waals surface area (Å²) >= 11 is 0. The topological polar surface area (TPSA) is 17.0 Å². The third-order valence-electron chi connectivity index (χ3n) is 5.33. The molecule has 2 heterocycles. The molecule has 0 unspecified atom stereocenters. The van der Waals surface area contributed by atoms with Crippen molar-refractivity contribution in [3.8, 4) is 11.3 Å². The van der Waals surface area contributed by atoms with Crippen molar-refractivity contribution in [2.24, 2.45) is 7.05 Å². The van der Waals surface area contributed by atoms with Crippen molar-refractivity contribution in [3.05, 3.63) is 77.5 Å². The van der Waals surface area contributed by atoms with Crippen LogP contribution < -0.4 is 4.57 Å². The number of rotatable bonds is 1. The molecule has 0 aliphatic carbocycles. The van der Waals surface area contributed by atoms with Gasteiger partial charge in [-0.3, -0.25) is 0 Å². The first-order chi connectivity index (χ1) is 15.5. The lowest BCUT2D eigenvalue weighted by atomic mass is 9.99. The van der Waals surface area contributed by atoms with Crippen LogP contribution in [-0.2, 0) is 7.05 Å². The number of furan rings is 1. The van der Waals surface area contributed by atoms with Crippen LogP contribution >= 0.6 is 0 Å². The molecule has 0 atom stereocenters. The second-order valence-electron chi connectivity index (χ2n) is 6.98. The van der Waals surface area contributed by atoms with E-state index >= 15 is 0 Å². The number of fused-ring (bicyclic) bond motifs is 5. The first kappa shape index (κ1) is 10.9. The first-order valence-corrected chi connectivity index (χ1v) is 8.85. The van der Waals surface area contributed by atoms with Gasteiger partial charge in [0.15, 0.2) is 6.20 Å². The second kappa shape index (κ2) is 5.68. The van der Waals surface area contributed by atoms with Crippen LogP contribution in [0.25, 0.3) is 44.0 Å². The minimum atomic E-state index is -2.55. The summed E-state index contributed by atoms with van der Waals surface area (Å²) in [6.07, 6.45) is 1.40. The van der Waals surface area contributed by atoms with Gasteiger partial charge in [-0.1, -0.05) is 30.3 Å². The van der Waals surface area contributed by atoms with E-state index in [0.717, 1.165) is 43.8 Å². The lowest BCUT2D eigenvalue weighted by Crippen LogP contribution is -2.31. The maximum atomic E-state index is 7.91. The zero-order valence-corrected chi connectivity index (χ0v) is 15.1. The molecule has 5 aromatic rings. The Hall–Kier alpha value is -3.13. The van der Waals surface area contributed by atoms with Crippen LogP contribution in [0.4, 0.5) is 0 Å². The number of hydrogen-bond acceptors (Lipinski definition) is 1. The Labute approximate surface area is 167 Å². The minimum Gasteiger partial charge on any atom is -0.455 e. The van der Waals surface area contributed by atoms with Gasteiger partial charge in [-0.05, 0) is 49.8 Å². The van der Waals surface area contributed by atoms with E-state index in [2.05, 4.69) is 12.1 Å². The van der Waals surface area contributed by atoms with E-state index in [1.807, 2.05) is 43.3 Å². The van der Waals surface area contributed by atoms with Crippen LogP contribution in [0.5, 0.6) is 0 Å². The maximum Gasteiger partial charge on any atom is 0.212 e. The van der Waals surface area contributed by atoms with E-state index in [1.165, 1.54) is 12.3 Å². The van der Waals surface area contributed by atoms with E-state index in [0.29, 0.717) is 5.69 Å². The van der Waals surface area contributed by atoms with Gasteiger partial charge in [0, 0.05) is 41.6 Å². The van der Waals surface area contributed by atoms with Gasteiger partial charge in [0.05, 0.1) is 5.56 Å². The summed E-state index contributed by atoms with van der Waals surface area (Å²) in [5.41, 5.74) is 3.48. The molecule has 0 amide bonds. The Morgan fingerprint density at radius 3 is 2.48 bits per heavy atom. The Morgan fingerprint density at radius 2 is 1.63 bits per heavy atom. The van der Waals surface area contributed by atoms with Crippen molar-refractivity contribution in [3.63, 3.8) is 0 Å². The van der Waals surface area contributed by atoms with Gasteiger partial charge < -0.3 is 4.42 Å². The number of nitrogens with zero attached hydrogens (tertiary/aromatic N) is 1. The minimum absolute atomic E-state index is 0.161. The molecule has 0 bridgehead atoms. The van der Waals surface area contributed by atoms with E-state index in [-0.39, 0.29) is 11.1 Å². The summed E-state index contributed by atoms with van der Waals surface area (Å²) in [5, 5.41) is 4.12. The Kier molecular flexibility index (Phi) is 2.29. The summed E-state index contributed by atoms with van der Waals surface area (Å²) in [6.45, 7) is -3.14. The number of hydrogen-bond donors (Lipinski definition) is 0. The maximum absolute atomic E-state index is 7.91. The molecule has 0 fully saturated rings. The van der Waals surface area contributed by atoms with Gasteiger partial charge >= 0.3 is 0 Å². The fraction of sp³-hybridized carbons (Fsp3) is 0.160. The van der Waals surface area contributed by atoms with Crippen molar-refractivity contribution in [2.75, 3.05) is 0 Å². The van der Waals surface area contributed by atoms with Crippen molar-refractivity contribution >= 4 is 32.7 Å². The highest BCUT2D eigenvalue weighted by molar-refractivity contribution is 6.15. The van der Waals surface area contributed by atoms with Gasteiger partial charge in [0.2, 0.25) is 5.69 Å². The highest BCUT2D eigenvalue weighted by Crippen LogP contribution is 2.38. The number of aryl methyl sites for hydroxylation is 4. The number of aromatic nitrogens is 1. The van der Waals surface area contributed by atoms with E-state index in [9.17, 15) is 0 Å². The second-order valence-corrected chi connectivity index (χ2v) is 6.98. The number of benzene rings is 3. The van der Waals surface area contributed by atoms with E-state index in [4.69, 9.17) is 12.6 Å². The molecule has 27 heavy (non-hydrogen) atoms. The summed E-state index contributed by atoms with van der Waals surface area (Å²) < 4.78 is 55.2. The lowest BCUT2D eigenvalue weighted by Gasteiger charge is -2.07. The van der Waals surface area contributed by atoms with E-state index < -0.39 is 13.7 Å². The predicted molar refractivity (Wildman–Crippen MR) is 112 cm³/mol. The fourth-order valence-corrected chi connectivity index (χ4v) is 3.90. The molecular formula is C25H22NO+. The van der Waals surface area contributed by atoms with Crippen LogP contribution in [0.3, 0.4) is 0 Å². The summed E-state index contributed by atoms with van der Waals surface area (Å²) in [5.74, 6) is 0. The van der Waals surface area contributed by atoms with Crippen molar-refractivity contribution in [2.45, 2.75) is 20.6 Å². The molecule has 3 aromatic carbocycles. The smallest absolute Gasteiger partial charge is 0.212 e. The molecule has 0 N–H and O–H groups in total. The third kappa shape index (κ3) is 2.30. The van der Waals surface area contributed by atoms with Gasteiger partial charge in [-0.2, -0.15) is 0 Å². The predicted octanol–water partition coefficient (Wildman–Crippen LogP) is 6.16. The van der Waals surface area contributed by atoms with Crippen molar-refractivity contribution in [1.29, 1.82) is 0 Å². The molecular weight excluding hydrogens is 330 g/mol. The van der Waals surface area contributed by atoms with Gasteiger partial charge in [-0.15, -0.1) is 0 Å². The van der Waals surface area contributed by atoms with Crippen LogP contribution in [0.1, 0.15) is 24.9 Å². The quantitative estimate of drug-likeness (QED) is 0.328. The SMILES string of the molecule is [2H]C([2H])([2H])c1cc(-c2ccc3c(oc4c5ccccc5ccc34)c2C)[n+](C)cc1C([2H])([2H])[2H]. The van der Waals surface area contributed by atoms with E-state index in [1.54, 1.807) is 11.6 Å². The first-order valence-electron chi connectivity index (χ1n) is 11.9. The van der Waals surface area contributed by atoms with Gasteiger partial charge in [0.1, 0.15) is 18.2 Å². The lowest BCUT2D eigenvalue weighted by molar-refractivity contribution is -0.660. The normalized spacial score (nSPS) is 15.9. The van der Waals surface area contributed by atoms with Crippen LogP contribution in [0, 0.1) is 20.6 Å². The molecule has 0 aliphatic rings. The fourth-order valence-electron chi connectivity index (χ4n) is 3.90. The Bertz CT molecular complexity index is 1560. The molecule has 0 saturated carbocycles. The highest BCUT2D eigenvalue weighted by atomic mass is 16.3. The summed E-state index contributed by atoms with van der Waals surface area (Å²) in [7, 11) is 1.73. The van der Waals surface area contributed by atoms with Crippen LogP contribution in [0.2, 0.25) is 0 Å². The third-order valence-corrected chi connectivity index (χ3v) is 5.33. The zero-order valence-electron chi connectivity index (χ0n) is 21.1. The summed E-state index contributed by atoms with van der Waals surface area (Å²) in [6, 6.07) is 17.6. The molecule has 0 spiro atoms. The summed E-state index contributed by atoms with van der Waals surface area (Å²) in [4.78, 5) is 0. The molecule has 2 nitrogen and oxygen atoms in total. The van der Waals surface area contributed by atoms with Crippen LogP contribution in [0.15, 0.2) is 65.2 Å². The average Bonchev–Trinajstić information content (AvgIpc) is 3.13. The monoisotopic (exact) mass is 358 g/mol. The Balaban J connectivity index is 1.79. The average molecular weight is 358 g/mol. The molecule has 5 rings (SSSR count). The van der Waals surface area contributed by atoms with Gasteiger partial charge in [0.25, 0.3) is 0 Å². The molecule has 0 saturated heterocycles. The van der Waals surface area contributed by atoms with Crippen LogP contribution in [-0.4, -0.2) is 0 Å². The zero-order chi connectivity index (χ0) is 23.7. The largest absolute Gasteiger partial charge is 0.455 e. The van der Waals surface area contributed by atoms with Crippen molar-refractivity contribution in [1.82, 2.24) is 0 Å². The van der Waals surface area contributed by atoms with Crippen molar-refractivity contribution < 1.29 is 17.2 Å². The highest BCUT2D eigenvalue weighted by Gasteiger charge is 2.19. The molecule has 0 radical (unpaired) electrons. The standard InChI is InChI=1S/C25H22NO/c1-15-13-23(26(4)14-16(15)2)19-11-12-21-22-10-9-18-7-5-6-8-20(18)25(22)27-24(21)17(19)3/h5-14H,1-4H3/q+1/i1D3,2D3. The molecule has 0 aliphatic heterocycles. The van der Waals surface area contributed by atoms with Gasteiger partial charge in [-0.25, -0.2) is 4.57 Å². The molecule has 132 valence electrons. The molecule has 2 heteroatoms. The number of pyridine rings is 1. The molecule has 2 aromatic heterocycles. The Morgan fingerprint density at radius 1 is 0.852 bits per heavy atom.